The number of amides is 1. The molecule has 0 rings (SSSR count). The molecule has 0 aliphatic carbocycles. The molecule has 0 aromatic carbocycles. The molecule has 0 aromatic heterocycles. The third-order valence-corrected chi connectivity index (χ3v) is 12.8. The fraction of sp³-hybridized carbons (Fsp3) is 0.893. The quantitative estimate of drug-likeness (QED) is 0.0321. The molecule has 2 unspecified atom stereocenters. The summed E-state index contributed by atoms with van der Waals surface area (Å²) in [6, 6.07) is -0.551. The Kier molecular flexibility index (Phi) is 50.6. The van der Waals surface area contributed by atoms with E-state index in [0.29, 0.717) is 25.9 Å². The lowest BCUT2D eigenvalue weighted by atomic mass is 10.0. The average Bonchev–Trinajstić information content (AvgIpc) is 3.27. The van der Waals surface area contributed by atoms with E-state index in [-0.39, 0.29) is 18.5 Å². The molecule has 6 heteroatoms. The number of aliphatic hydroxyl groups excluding tert-OH is 2. The summed E-state index contributed by atoms with van der Waals surface area (Å²) in [5.74, 6) is -0.0601. The van der Waals surface area contributed by atoms with Gasteiger partial charge in [0.1, 0.15) is 0 Å². The Balaban J connectivity index is 3.45. The number of hydrogen-bond donors (Lipinski definition) is 3. The molecule has 62 heavy (non-hydrogen) atoms. The van der Waals surface area contributed by atoms with Crippen LogP contribution >= 0.6 is 0 Å². The fourth-order valence-corrected chi connectivity index (χ4v) is 8.49. The van der Waals surface area contributed by atoms with Crippen LogP contribution in [0.4, 0.5) is 0 Å². The normalized spacial score (nSPS) is 12.8. The minimum atomic E-state index is -0.673. The molecule has 0 bridgehead atoms. The second kappa shape index (κ2) is 52.0. The molecule has 0 heterocycles. The Morgan fingerprint density at radius 3 is 1.26 bits per heavy atom. The molecular weight excluding hydrogens is 767 g/mol. The van der Waals surface area contributed by atoms with Crippen molar-refractivity contribution in [3.8, 4) is 0 Å². The maximum atomic E-state index is 12.5. The second-order valence-electron chi connectivity index (χ2n) is 18.9. The zero-order valence-corrected chi connectivity index (χ0v) is 41.6. The highest BCUT2D eigenvalue weighted by molar-refractivity contribution is 5.76. The van der Waals surface area contributed by atoms with E-state index in [0.717, 1.165) is 57.8 Å². The van der Waals surface area contributed by atoms with Crippen molar-refractivity contribution in [1.82, 2.24) is 5.32 Å². The molecule has 1 amide bonds. The van der Waals surface area contributed by atoms with Crippen LogP contribution in [-0.4, -0.2) is 47.4 Å². The summed E-state index contributed by atoms with van der Waals surface area (Å²) in [7, 11) is 0. The van der Waals surface area contributed by atoms with Crippen molar-refractivity contribution in [1.29, 1.82) is 0 Å². The minimum absolute atomic E-state index is 0.0129. The van der Waals surface area contributed by atoms with Crippen molar-refractivity contribution in [2.24, 2.45) is 0 Å². The van der Waals surface area contributed by atoms with Crippen LogP contribution in [-0.2, 0) is 14.3 Å². The van der Waals surface area contributed by atoms with Gasteiger partial charge in [-0.05, 0) is 57.8 Å². The van der Waals surface area contributed by atoms with E-state index in [1.807, 2.05) is 0 Å². The highest BCUT2D eigenvalue weighted by Crippen LogP contribution is 2.17. The lowest BCUT2D eigenvalue weighted by Crippen LogP contribution is -2.45. The standard InChI is InChI=1S/C56H107NO5/c1-3-5-7-9-11-13-15-17-19-20-22-26-30-34-38-42-46-50-56(61)62-51-47-43-39-35-31-27-23-25-29-33-37-41-45-49-55(60)57-53(52-58)54(59)48-44-40-36-32-28-24-21-18-16-14-12-10-8-6-4-2/h11,13,17,19,53-54,58-59H,3-10,12,14-16,18,20-52H2,1-2H3,(H,57,60)/b13-11-,19-17-. The van der Waals surface area contributed by atoms with Gasteiger partial charge in [0, 0.05) is 12.8 Å². The summed E-state index contributed by atoms with van der Waals surface area (Å²) in [5.41, 5.74) is 0. The Morgan fingerprint density at radius 1 is 0.452 bits per heavy atom. The number of allylic oxidation sites excluding steroid dienone is 4. The summed E-state index contributed by atoms with van der Waals surface area (Å²) in [4.78, 5) is 24.5. The molecule has 2 atom stereocenters. The predicted molar refractivity (Wildman–Crippen MR) is 269 cm³/mol. The van der Waals surface area contributed by atoms with Crippen molar-refractivity contribution in [3.05, 3.63) is 24.3 Å². The van der Waals surface area contributed by atoms with Gasteiger partial charge in [-0.25, -0.2) is 0 Å². The highest BCUT2D eigenvalue weighted by Gasteiger charge is 2.20. The van der Waals surface area contributed by atoms with Crippen molar-refractivity contribution < 1.29 is 24.5 Å². The number of nitrogens with one attached hydrogen (secondary N) is 1. The molecular formula is C56H107NO5. The zero-order valence-electron chi connectivity index (χ0n) is 41.6. The molecule has 0 fully saturated rings. The van der Waals surface area contributed by atoms with Crippen molar-refractivity contribution in [2.75, 3.05) is 13.2 Å². The van der Waals surface area contributed by atoms with Crippen molar-refractivity contribution in [3.63, 3.8) is 0 Å². The summed E-state index contributed by atoms with van der Waals surface area (Å²) in [6.07, 6.45) is 61.5. The van der Waals surface area contributed by atoms with Crippen molar-refractivity contribution >= 4 is 11.9 Å². The van der Waals surface area contributed by atoms with Gasteiger partial charge in [-0.1, -0.05) is 250 Å². The van der Waals surface area contributed by atoms with Crippen LogP contribution < -0.4 is 5.32 Å². The zero-order chi connectivity index (χ0) is 45.1. The monoisotopic (exact) mass is 874 g/mol. The molecule has 0 saturated carbocycles. The van der Waals surface area contributed by atoms with Gasteiger partial charge in [-0.15, -0.1) is 0 Å². The topological polar surface area (TPSA) is 95.9 Å². The lowest BCUT2D eigenvalue weighted by molar-refractivity contribution is -0.143. The minimum Gasteiger partial charge on any atom is -0.466 e. The first kappa shape index (κ1) is 60.3. The van der Waals surface area contributed by atoms with Gasteiger partial charge >= 0.3 is 5.97 Å². The van der Waals surface area contributed by atoms with Gasteiger partial charge < -0.3 is 20.3 Å². The molecule has 0 aliphatic rings. The first-order valence-electron chi connectivity index (χ1n) is 27.6. The van der Waals surface area contributed by atoms with Gasteiger partial charge in [0.25, 0.3) is 0 Å². The van der Waals surface area contributed by atoms with E-state index < -0.39 is 12.1 Å². The van der Waals surface area contributed by atoms with E-state index in [9.17, 15) is 19.8 Å². The number of carbonyl (C=O) groups excluding carboxylic acids is 2. The second-order valence-corrected chi connectivity index (χ2v) is 18.9. The third-order valence-electron chi connectivity index (χ3n) is 12.8. The van der Waals surface area contributed by atoms with Crippen LogP contribution in [0.15, 0.2) is 24.3 Å². The Morgan fingerprint density at radius 2 is 0.806 bits per heavy atom. The average molecular weight is 874 g/mol. The van der Waals surface area contributed by atoms with Gasteiger partial charge in [0.2, 0.25) is 5.91 Å². The van der Waals surface area contributed by atoms with Crippen LogP contribution in [0.3, 0.4) is 0 Å². The summed E-state index contributed by atoms with van der Waals surface area (Å²) in [6.45, 7) is 4.91. The molecule has 0 radical (unpaired) electrons. The van der Waals surface area contributed by atoms with E-state index >= 15 is 0 Å². The van der Waals surface area contributed by atoms with Gasteiger partial charge in [0.05, 0.1) is 25.4 Å². The molecule has 3 N–H and O–H groups in total. The molecule has 6 nitrogen and oxygen atoms in total. The Labute approximate surface area is 386 Å². The SMILES string of the molecule is CCCCC/C=C\C/C=C\CCCCCCCCCC(=O)OCCCCCCCCCCCCCCCC(=O)NC(CO)C(O)CCCCCCCCCCCCCCCCC. The summed E-state index contributed by atoms with van der Waals surface area (Å²) >= 11 is 0. The summed E-state index contributed by atoms with van der Waals surface area (Å²) < 4.78 is 5.47. The van der Waals surface area contributed by atoms with Crippen LogP contribution in [0.1, 0.15) is 296 Å². The van der Waals surface area contributed by atoms with Gasteiger partial charge in [0.15, 0.2) is 0 Å². The number of esters is 1. The van der Waals surface area contributed by atoms with E-state index in [1.165, 1.54) is 205 Å². The molecule has 0 aromatic rings. The van der Waals surface area contributed by atoms with Crippen LogP contribution in [0.2, 0.25) is 0 Å². The van der Waals surface area contributed by atoms with E-state index in [4.69, 9.17) is 4.74 Å². The Hall–Kier alpha value is -1.66. The molecule has 0 aliphatic heterocycles. The maximum absolute atomic E-state index is 12.5. The number of rotatable bonds is 51. The number of aliphatic hydroxyl groups is 2. The lowest BCUT2D eigenvalue weighted by Gasteiger charge is -2.22. The first-order chi connectivity index (χ1) is 30.5. The van der Waals surface area contributed by atoms with Gasteiger partial charge in [-0.3, -0.25) is 9.59 Å². The number of ether oxygens (including phenoxy) is 1. The van der Waals surface area contributed by atoms with Gasteiger partial charge in [-0.2, -0.15) is 0 Å². The number of carbonyl (C=O) groups is 2. The smallest absolute Gasteiger partial charge is 0.305 e. The van der Waals surface area contributed by atoms with Crippen molar-refractivity contribution in [2.45, 2.75) is 309 Å². The summed E-state index contributed by atoms with van der Waals surface area (Å²) in [5, 5.41) is 23.2. The van der Waals surface area contributed by atoms with E-state index in [1.54, 1.807) is 0 Å². The van der Waals surface area contributed by atoms with Crippen LogP contribution in [0, 0.1) is 0 Å². The molecule has 366 valence electrons. The molecule has 0 spiro atoms. The van der Waals surface area contributed by atoms with E-state index in [2.05, 4.69) is 43.5 Å². The van der Waals surface area contributed by atoms with Crippen LogP contribution in [0.25, 0.3) is 0 Å². The van der Waals surface area contributed by atoms with Crippen LogP contribution in [0.5, 0.6) is 0 Å². The number of hydrogen-bond acceptors (Lipinski definition) is 5. The molecule has 0 saturated heterocycles. The Bertz CT molecular complexity index is 966. The maximum Gasteiger partial charge on any atom is 0.305 e. The third kappa shape index (κ3) is 47.8. The fourth-order valence-electron chi connectivity index (χ4n) is 8.49. The highest BCUT2D eigenvalue weighted by atomic mass is 16.5. The number of unbranched alkanes of at least 4 members (excludes halogenated alkanes) is 36. The first-order valence-corrected chi connectivity index (χ1v) is 27.6. The largest absolute Gasteiger partial charge is 0.466 e. The predicted octanol–water partition coefficient (Wildman–Crippen LogP) is 16.7.